The van der Waals surface area contributed by atoms with Crippen molar-refractivity contribution < 1.29 is 24.6 Å². The molecule has 12 heavy (non-hydrogen) atoms. The van der Waals surface area contributed by atoms with E-state index in [0.717, 1.165) is 3.93 Å². The number of hydrogen-bond acceptors (Lipinski definition) is 0. The summed E-state index contributed by atoms with van der Waals surface area (Å²) in [5.74, 6) is 0. The zero-order valence-corrected chi connectivity index (χ0v) is 14.2. The number of halogens is 3. The first kappa shape index (κ1) is 11.1. The van der Waals surface area contributed by atoms with Crippen LogP contribution in [0.15, 0.2) is 30.3 Å². The molecule has 0 nitrogen and oxygen atoms in total. The normalized spacial score (nSPS) is 10.9. The molecule has 1 aromatic rings. The average molecular weight is 410 g/mol. The van der Waals surface area contributed by atoms with E-state index in [-0.39, 0.29) is 0 Å². The van der Waals surface area contributed by atoms with Crippen molar-refractivity contribution in [3.63, 3.8) is 0 Å². The van der Waals surface area contributed by atoms with Crippen LogP contribution in [0.25, 0.3) is 0 Å². The fourth-order valence-electron chi connectivity index (χ4n) is 0.931. The van der Waals surface area contributed by atoms with Gasteiger partial charge in [0, 0.05) is 0 Å². The zero-order chi connectivity index (χ0) is 9.03. The molecule has 0 N–H and O–H groups in total. The summed E-state index contributed by atoms with van der Waals surface area (Å²) in [7, 11) is 0. The number of alkyl halides is 3. The maximum absolute atomic E-state index is 5.71. The monoisotopic (exact) mass is 410 g/mol. The van der Waals surface area contributed by atoms with Gasteiger partial charge in [0.15, 0.2) is 0 Å². The average Bonchev–Trinajstić information content (AvgIpc) is 2.02. The Labute approximate surface area is 99.6 Å². The second kappa shape index (κ2) is 5.04. The van der Waals surface area contributed by atoms with Gasteiger partial charge in [-0.05, 0) is 0 Å². The molecule has 0 bridgehead atoms. The van der Waals surface area contributed by atoms with Crippen LogP contribution in [0.5, 0.6) is 0 Å². The van der Waals surface area contributed by atoms with Crippen molar-refractivity contribution in [3.05, 3.63) is 35.9 Å². The van der Waals surface area contributed by atoms with Crippen LogP contribution in [0.2, 0.25) is 0 Å². The maximum atomic E-state index is 5.71. The molecule has 0 aromatic heterocycles. The fourth-order valence-corrected chi connectivity index (χ4v) is 6.94. The van der Waals surface area contributed by atoms with Crippen LogP contribution < -0.4 is 0 Å². The van der Waals surface area contributed by atoms with Gasteiger partial charge in [-0.15, -0.1) is 0 Å². The first-order valence-corrected chi connectivity index (χ1v) is 11.5. The molecule has 0 aliphatic rings. The molecule has 0 fully saturated rings. The van der Waals surface area contributed by atoms with Crippen LogP contribution in [0.3, 0.4) is 0 Å². The van der Waals surface area contributed by atoms with Gasteiger partial charge >= 0.3 is 101 Å². The molecular formula is C8H7Cl3Hg. The van der Waals surface area contributed by atoms with Gasteiger partial charge in [-0.25, -0.2) is 0 Å². The van der Waals surface area contributed by atoms with Gasteiger partial charge in [0.25, 0.3) is 0 Å². The van der Waals surface area contributed by atoms with Crippen molar-refractivity contribution in [3.8, 4) is 0 Å². The SMILES string of the molecule is Cl[C](Cl)(Cl)[Hg][CH2]c1ccccc1. The van der Waals surface area contributed by atoms with Crippen LogP contribution in [0, 0.1) is 0 Å². The van der Waals surface area contributed by atoms with Crippen molar-refractivity contribution in [2.45, 2.75) is 5.23 Å². The van der Waals surface area contributed by atoms with Gasteiger partial charge in [0.05, 0.1) is 0 Å². The predicted octanol–water partition coefficient (Wildman–Crippen LogP) is 3.60. The van der Waals surface area contributed by atoms with Gasteiger partial charge in [0.2, 0.25) is 0 Å². The van der Waals surface area contributed by atoms with E-state index < -0.39 is 25.9 Å². The van der Waals surface area contributed by atoms with Crippen molar-refractivity contribution in [2.75, 3.05) is 0 Å². The Morgan fingerprint density at radius 3 is 2.17 bits per heavy atom. The molecule has 0 spiro atoms. The van der Waals surface area contributed by atoms with Gasteiger partial charge in [-0.3, -0.25) is 0 Å². The quantitative estimate of drug-likeness (QED) is 0.517. The fraction of sp³-hybridized carbons (Fsp3) is 0.250. The van der Waals surface area contributed by atoms with Crippen LogP contribution in [0.4, 0.5) is 0 Å². The second-order valence-electron chi connectivity index (χ2n) is 2.60. The first-order chi connectivity index (χ1) is 5.58. The minimum absolute atomic E-state index is 0.907. The molecule has 0 aliphatic carbocycles. The number of rotatable bonds is 2. The molecule has 1 aromatic carbocycles. The molecule has 4 heteroatoms. The molecule has 0 aliphatic heterocycles. The molecule has 62 valence electrons. The Morgan fingerprint density at radius 1 is 1.08 bits per heavy atom. The van der Waals surface area contributed by atoms with E-state index in [9.17, 15) is 0 Å². The molecule has 0 amide bonds. The number of benzene rings is 1. The third-order valence-corrected chi connectivity index (χ3v) is 11.9. The zero-order valence-electron chi connectivity index (χ0n) is 6.43. The number of hydrogen-bond donors (Lipinski definition) is 0. The molecule has 0 unspecified atom stereocenters. The van der Waals surface area contributed by atoms with E-state index in [4.69, 9.17) is 34.8 Å². The molecule has 0 heterocycles. The summed E-state index contributed by atoms with van der Waals surface area (Å²) in [5, 5.41) is 0. The van der Waals surface area contributed by atoms with Crippen molar-refractivity contribution >= 4 is 34.8 Å². The second-order valence-corrected chi connectivity index (χ2v) is 18.4. The first-order valence-electron chi connectivity index (χ1n) is 3.68. The third kappa shape index (κ3) is 4.91. The summed E-state index contributed by atoms with van der Waals surface area (Å²) < 4.78 is 0.118. The van der Waals surface area contributed by atoms with Gasteiger partial charge in [-0.2, -0.15) is 0 Å². The van der Waals surface area contributed by atoms with Crippen molar-refractivity contribution in [1.82, 2.24) is 0 Å². The minimum atomic E-state index is -1.38. The van der Waals surface area contributed by atoms with E-state index in [2.05, 4.69) is 12.1 Å². The Kier molecular flexibility index (Phi) is 4.67. The molecule has 0 saturated carbocycles. The summed E-state index contributed by atoms with van der Waals surface area (Å²) in [6.07, 6.45) is 0. The predicted molar refractivity (Wildman–Crippen MR) is 50.4 cm³/mol. The molecule has 1 rings (SSSR count). The van der Waals surface area contributed by atoms with Gasteiger partial charge in [-0.1, -0.05) is 0 Å². The topological polar surface area (TPSA) is 0 Å². The molecule has 0 radical (unpaired) electrons. The summed E-state index contributed by atoms with van der Waals surface area (Å²) in [6.45, 7) is 0. The van der Waals surface area contributed by atoms with Crippen molar-refractivity contribution in [2.24, 2.45) is 0 Å². The molecule has 0 atom stereocenters. The third-order valence-electron chi connectivity index (χ3n) is 1.54. The summed E-state index contributed by atoms with van der Waals surface area (Å²) in [6, 6.07) is 10.2. The standard InChI is InChI=1S/C7H7.CCl3.Hg/c1-7-5-3-2-4-6-7;2-1(3)4;/h2-6H,1H2;;. The Hall–Kier alpha value is 1.03. The van der Waals surface area contributed by atoms with Gasteiger partial charge in [0.1, 0.15) is 0 Å². The van der Waals surface area contributed by atoms with E-state index in [0.29, 0.717) is 0 Å². The summed E-state index contributed by atoms with van der Waals surface area (Å²) in [5.41, 5.74) is 1.30. The van der Waals surface area contributed by atoms with Crippen LogP contribution in [0.1, 0.15) is 5.56 Å². The van der Waals surface area contributed by atoms with Gasteiger partial charge < -0.3 is 0 Å². The van der Waals surface area contributed by atoms with E-state index in [1.165, 1.54) is 5.56 Å². The van der Waals surface area contributed by atoms with E-state index >= 15 is 0 Å². The van der Waals surface area contributed by atoms with Crippen LogP contribution >= 0.6 is 34.8 Å². The van der Waals surface area contributed by atoms with E-state index in [1.54, 1.807) is 0 Å². The Morgan fingerprint density at radius 2 is 1.67 bits per heavy atom. The van der Waals surface area contributed by atoms with E-state index in [1.807, 2.05) is 18.2 Å². The Bertz CT molecular complexity index is 230. The molecule has 0 saturated heterocycles. The van der Waals surface area contributed by atoms with Crippen LogP contribution in [-0.4, -0.2) is 1.30 Å². The Balaban J connectivity index is 2.44. The summed E-state index contributed by atoms with van der Waals surface area (Å²) >= 11 is 15.8. The summed E-state index contributed by atoms with van der Waals surface area (Å²) in [4.78, 5) is 0. The van der Waals surface area contributed by atoms with Crippen LogP contribution in [-0.2, 0) is 28.5 Å². The van der Waals surface area contributed by atoms with Crippen molar-refractivity contribution in [1.29, 1.82) is 0 Å². The molecular weight excluding hydrogens is 403 g/mol.